The number of methoxy groups -OCH3 is 2. The highest BCUT2D eigenvalue weighted by Crippen LogP contribution is 2.29. The van der Waals surface area contributed by atoms with Crippen molar-refractivity contribution in [1.29, 1.82) is 0 Å². The molecule has 1 unspecified atom stereocenters. The van der Waals surface area contributed by atoms with E-state index >= 15 is 0 Å². The Kier molecular flexibility index (Phi) is 5.82. The van der Waals surface area contributed by atoms with Gasteiger partial charge in [0.05, 0.1) is 20.8 Å². The van der Waals surface area contributed by atoms with E-state index < -0.39 is 12.7 Å². The second-order valence-corrected chi connectivity index (χ2v) is 5.49. The first-order chi connectivity index (χ1) is 11.5. The Hall–Kier alpha value is -2.53. The summed E-state index contributed by atoms with van der Waals surface area (Å²) < 4.78 is 16.2. The Morgan fingerprint density at radius 3 is 2.33 bits per heavy atom. The molecule has 0 aliphatic carbocycles. The molecule has 0 fully saturated rings. The van der Waals surface area contributed by atoms with Crippen LogP contribution in [-0.4, -0.2) is 37.8 Å². The quantitative estimate of drug-likeness (QED) is 0.791. The Bertz CT molecular complexity index is 724. The van der Waals surface area contributed by atoms with Crippen molar-refractivity contribution in [3.05, 3.63) is 53.1 Å². The molecule has 1 N–H and O–H groups in total. The van der Waals surface area contributed by atoms with Crippen molar-refractivity contribution < 1.29 is 24.1 Å². The van der Waals surface area contributed by atoms with Gasteiger partial charge >= 0.3 is 0 Å². The second kappa shape index (κ2) is 7.84. The van der Waals surface area contributed by atoms with Gasteiger partial charge < -0.3 is 19.3 Å². The molecule has 2 aromatic carbocycles. The van der Waals surface area contributed by atoms with Gasteiger partial charge in [-0.3, -0.25) is 4.79 Å². The highest BCUT2D eigenvalue weighted by molar-refractivity contribution is 6.00. The van der Waals surface area contributed by atoms with Crippen LogP contribution >= 0.6 is 0 Å². The molecule has 128 valence electrons. The molecule has 0 saturated heterocycles. The van der Waals surface area contributed by atoms with E-state index in [9.17, 15) is 9.90 Å². The summed E-state index contributed by atoms with van der Waals surface area (Å²) in [6, 6.07) is 10.5. The number of benzene rings is 2. The average molecular weight is 330 g/mol. The standard InChI is InChI=1S/C19H22O5/c1-12-5-8-15(17(9-12)23-4)24-18(11-20)19(21)14-7-6-13(2)16(10-14)22-3/h5-10,18,20H,11H2,1-4H3. The highest BCUT2D eigenvalue weighted by Gasteiger charge is 2.23. The summed E-state index contributed by atoms with van der Waals surface area (Å²) in [6.07, 6.45) is -1.02. The number of rotatable bonds is 7. The number of hydrogen-bond acceptors (Lipinski definition) is 5. The third-order valence-corrected chi connectivity index (χ3v) is 3.74. The van der Waals surface area contributed by atoms with Crippen LogP contribution < -0.4 is 14.2 Å². The van der Waals surface area contributed by atoms with Crippen LogP contribution in [0.4, 0.5) is 0 Å². The fourth-order valence-electron chi connectivity index (χ4n) is 2.36. The number of carbonyl (C=O) groups excluding carboxylic acids is 1. The first kappa shape index (κ1) is 17.8. The van der Waals surface area contributed by atoms with E-state index in [0.717, 1.165) is 11.1 Å². The summed E-state index contributed by atoms with van der Waals surface area (Å²) in [6.45, 7) is 3.38. The zero-order valence-corrected chi connectivity index (χ0v) is 14.3. The van der Waals surface area contributed by atoms with Gasteiger partial charge in [0.1, 0.15) is 5.75 Å². The molecule has 0 bridgehead atoms. The lowest BCUT2D eigenvalue weighted by Crippen LogP contribution is -2.31. The molecule has 0 aliphatic rings. The lowest BCUT2D eigenvalue weighted by atomic mass is 10.0. The van der Waals surface area contributed by atoms with Crippen LogP contribution in [0.15, 0.2) is 36.4 Å². The minimum Gasteiger partial charge on any atom is -0.496 e. The molecule has 2 aromatic rings. The van der Waals surface area contributed by atoms with Crippen LogP contribution in [0, 0.1) is 13.8 Å². The van der Waals surface area contributed by atoms with E-state index in [1.54, 1.807) is 31.4 Å². The molecule has 0 spiro atoms. The largest absolute Gasteiger partial charge is 0.496 e. The zero-order chi connectivity index (χ0) is 17.7. The first-order valence-electron chi connectivity index (χ1n) is 7.61. The van der Waals surface area contributed by atoms with E-state index in [4.69, 9.17) is 14.2 Å². The van der Waals surface area contributed by atoms with E-state index in [0.29, 0.717) is 22.8 Å². The van der Waals surface area contributed by atoms with Crippen LogP contribution in [0.25, 0.3) is 0 Å². The van der Waals surface area contributed by atoms with Crippen LogP contribution in [0.5, 0.6) is 17.2 Å². The van der Waals surface area contributed by atoms with Gasteiger partial charge in [0, 0.05) is 5.56 Å². The van der Waals surface area contributed by atoms with Crippen molar-refractivity contribution in [2.75, 3.05) is 20.8 Å². The highest BCUT2D eigenvalue weighted by atomic mass is 16.5. The topological polar surface area (TPSA) is 65.0 Å². The number of carbonyl (C=O) groups is 1. The average Bonchev–Trinajstić information content (AvgIpc) is 2.60. The Morgan fingerprint density at radius 1 is 1.00 bits per heavy atom. The molecule has 24 heavy (non-hydrogen) atoms. The van der Waals surface area contributed by atoms with Crippen LogP contribution in [0.2, 0.25) is 0 Å². The van der Waals surface area contributed by atoms with Gasteiger partial charge in [0.2, 0.25) is 5.78 Å². The molecule has 2 rings (SSSR count). The first-order valence-corrected chi connectivity index (χ1v) is 7.61. The van der Waals surface area contributed by atoms with Crippen molar-refractivity contribution in [3.63, 3.8) is 0 Å². The molecule has 5 nitrogen and oxygen atoms in total. The van der Waals surface area contributed by atoms with Gasteiger partial charge in [0.15, 0.2) is 17.6 Å². The van der Waals surface area contributed by atoms with Gasteiger partial charge in [0.25, 0.3) is 0 Å². The third-order valence-electron chi connectivity index (χ3n) is 3.74. The number of Topliss-reactive ketones (excluding diaryl/α,β-unsaturated/α-hetero) is 1. The monoisotopic (exact) mass is 330 g/mol. The third kappa shape index (κ3) is 3.86. The maximum atomic E-state index is 12.6. The molecule has 0 aromatic heterocycles. The van der Waals surface area contributed by atoms with E-state index in [2.05, 4.69) is 0 Å². The van der Waals surface area contributed by atoms with Crippen molar-refractivity contribution in [2.45, 2.75) is 20.0 Å². The SMILES string of the molecule is COc1cc(C(=O)C(CO)Oc2ccc(C)cc2OC)ccc1C. The predicted molar refractivity (Wildman–Crippen MR) is 91.3 cm³/mol. The molecule has 0 aliphatic heterocycles. The number of hydrogen-bond donors (Lipinski definition) is 1. The van der Waals surface area contributed by atoms with Crippen molar-refractivity contribution in [1.82, 2.24) is 0 Å². The molecule has 1 atom stereocenters. The minimum atomic E-state index is -1.02. The lowest BCUT2D eigenvalue weighted by molar-refractivity contribution is 0.0651. The second-order valence-electron chi connectivity index (χ2n) is 5.49. The summed E-state index contributed by atoms with van der Waals surface area (Å²) in [7, 11) is 3.08. The fraction of sp³-hybridized carbons (Fsp3) is 0.316. The maximum Gasteiger partial charge on any atom is 0.205 e. The predicted octanol–water partition coefficient (Wildman–Crippen LogP) is 2.94. The zero-order valence-electron chi connectivity index (χ0n) is 14.3. The number of aliphatic hydroxyl groups excluding tert-OH is 1. The van der Waals surface area contributed by atoms with Gasteiger partial charge in [-0.15, -0.1) is 0 Å². The van der Waals surface area contributed by atoms with Gasteiger partial charge in [-0.2, -0.15) is 0 Å². The van der Waals surface area contributed by atoms with Crippen molar-refractivity contribution in [3.8, 4) is 17.2 Å². The summed E-state index contributed by atoms with van der Waals surface area (Å²) in [5.41, 5.74) is 2.35. The van der Waals surface area contributed by atoms with E-state index in [1.165, 1.54) is 7.11 Å². The van der Waals surface area contributed by atoms with Gasteiger partial charge in [-0.05, 0) is 43.2 Å². The molecular formula is C19H22O5. The number of ether oxygens (including phenoxy) is 3. The summed E-state index contributed by atoms with van der Waals surface area (Å²) in [5, 5.41) is 9.60. The maximum absolute atomic E-state index is 12.6. The molecule has 0 heterocycles. The van der Waals surface area contributed by atoms with Crippen LogP contribution in [-0.2, 0) is 0 Å². The number of ketones is 1. The summed E-state index contributed by atoms with van der Waals surface area (Å²) in [4.78, 5) is 12.6. The Morgan fingerprint density at radius 2 is 1.71 bits per heavy atom. The van der Waals surface area contributed by atoms with E-state index in [-0.39, 0.29) is 5.78 Å². The fourth-order valence-corrected chi connectivity index (χ4v) is 2.36. The van der Waals surface area contributed by atoms with Crippen LogP contribution in [0.3, 0.4) is 0 Å². The Balaban J connectivity index is 2.27. The molecule has 5 heteroatoms. The smallest absolute Gasteiger partial charge is 0.205 e. The van der Waals surface area contributed by atoms with Crippen molar-refractivity contribution >= 4 is 5.78 Å². The minimum absolute atomic E-state index is 0.321. The number of aryl methyl sites for hydroxylation is 2. The lowest BCUT2D eigenvalue weighted by Gasteiger charge is -2.18. The normalized spacial score (nSPS) is 11.7. The summed E-state index contributed by atoms with van der Waals surface area (Å²) >= 11 is 0. The van der Waals surface area contributed by atoms with Gasteiger partial charge in [-0.25, -0.2) is 0 Å². The van der Waals surface area contributed by atoms with Crippen molar-refractivity contribution in [2.24, 2.45) is 0 Å². The summed E-state index contributed by atoms with van der Waals surface area (Å²) in [5.74, 6) is 1.22. The number of aliphatic hydroxyl groups is 1. The Labute approximate surface area is 141 Å². The van der Waals surface area contributed by atoms with Crippen LogP contribution in [0.1, 0.15) is 21.5 Å². The molecule has 0 saturated carbocycles. The molecule has 0 amide bonds. The van der Waals surface area contributed by atoms with Gasteiger partial charge in [-0.1, -0.05) is 18.2 Å². The molecular weight excluding hydrogens is 308 g/mol. The molecule has 0 radical (unpaired) electrons. The van der Waals surface area contributed by atoms with E-state index in [1.807, 2.05) is 26.0 Å².